The van der Waals surface area contributed by atoms with Crippen molar-refractivity contribution in [3.63, 3.8) is 0 Å². The average Bonchev–Trinajstić information content (AvgIpc) is 2.77. The van der Waals surface area contributed by atoms with E-state index in [-0.39, 0.29) is 52.2 Å². The molecule has 2 fully saturated rings. The van der Waals surface area contributed by atoms with Crippen LogP contribution in [0.25, 0.3) is 0 Å². The second-order valence-electron chi connectivity index (χ2n) is 14.0. The molecule has 1 aromatic heterocycles. The van der Waals surface area contributed by atoms with E-state index < -0.39 is 6.09 Å². The summed E-state index contributed by atoms with van der Waals surface area (Å²) < 4.78 is 5.34. The van der Waals surface area contributed by atoms with Gasteiger partial charge < -0.3 is 15.4 Å². The van der Waals surface area contributed by atoms with Gasteiger partial charge >= 0.3 is 12.1 Å². The highest BCUT2D eigenvalue weighted by atomic mass is 16.5. The molecule has 0 radical (unpaired) electrons. The number of rotatable bonds is 8. The van der Waals surface area contributed by atoms with E-state index in [4.69, 9.17) is 4.74 Å². The first-order valence-corrected chi connectivity index (χ1v) is 14.1. The monoisotopic (exact) mass is 531 g/mol. The second-order valence-corrected chi connectivity index (χ2v) is 14.0. The molecule has 3 amide bonds. The average molecular weight is 532 g/mol. The summed E-state index contributed by atoms with van der Waals surface area (Å²) >= 11 is 0. The van der Waals surface area contributed by atoms with E-state index in [9.17, 15) is 14.4 Å². The van der Waals surface area contributed by atoms with E-state index in [1.54, 1.807) is 6.92 Å². The highest BCUT2D eigenvalue weighted by Gasteiger charge is 2.37. The predicted molar refractivity (Wildman–Crippen MR) is 150 cm³/mol. The van der Waals surface area contributed by atoms with Crippen LogP contribution in [0, 0.1) is 28.6 Å². The lowest BCUT2D eigenvalue weighted by Crippen LogP contribution is -2.42. The van der Waals surface area contributed by atoms with Crippen LogP contribution < -0.4 is 21.5 Å². The lowest BCUT2D eigenvalue weighted by Gasteiger charge is -2.42. The number of amides is 3. The summed E-state index contributed by atoms with van der Waals surface area (Å²) in [5.41, 5.74) is 1.26. The molecule has 38 heavy (non-hydrogen) atoms. The first-order valence-electron chi connectivity index (χ1n) is 14.1. The second kappa shape index (κ2) is 11.7. The fourth-order valence-corrected chi connectivity index (χ4v) is 6.95. The number of aromatic amines is 1. The van der Waals surface area contributed by atoms with Gasteiger partial charge in [-0.25, -0.2) is 14.6 Å². The van der Waals surface area contributed by atoms with E-state index in [1.807, 2.05) is 0 Å². The molecule has 1 heterocycles. The zero-order valence-electron chi connectivity index (χ0n) is 24.6. The molecule has 2 atom stereocenters. The first-order chi connectivity index (χ1) is 17.6. The summed E-state index contributed by atoms with van der Waals surface area (Å²) in [5.74, 6) is 0.102. The number of anilines is 1. The molecule has 2 saturated carbocycles. The van der Waals surface area contributed by atoms with Crippen LogP contribution in [-0.4, -0.2) is 41.8 Å². The number of alkyl carbamates (subject to hydrolysis) is 1. The number of aromatic nitrogens is 2. The van der Waals surface area contributed by atoms with Crippen LogP contribution in [0.2, 0.25) is 0 Å². The Morgan fingerprint density at radius 3 is 1.97 bits per heavy atom. The first kappa shape index (κ1) is 30.0. The van der Waals surface area contributed by atoms with Crippen LogP contribution >= 0.6 is 0 Å². The van der Waals surface area contributed by atoms with Crippen molar-refractivity contribution in [3.8, 4) is 0 Å². The Bertz CT molecular complexity index is 1070. The molecule has 0 aromatic carbocycles. The fourth-order valence-electron chi connectivity index (χ4n) is 6.95. The summed E-state index contributed by atoms with van der Waals surface area (Å²) in [7, 11) is 0. The third-order valence-corrected chi connectivity index (χ3v) is 8.45. The SMILES string of the molecule is Cc1nc(NC(=O)NCC2(C)CCCC(C)(C)C2)[nH]c(=O)c1CCOC(=O)NCC1(C)CCCC(C)(C)C1. The van der Waals surface area contributed by atoms with Gasteiger partial charge in [-0.2, -0.15) is 0 Å². The molecule has 4 N–H and O–H groups in total. The van der Waals surface area contributed by atoms with Gasteiger partial charge in [-0.05, 0) is 67.1 Å². The maximum atomic E-state index is 12.7. The molecule has 2 unspecified atom stereocenters. The van der Waals surface area contributed by atoms with Gasteiger partial charge in [0.25, 0.3) is 5.56 Å². The maximum Gasteiger partial charge on any atom is 0.407 e. The maximum absolute atomic E-state index is 12.7. The molecule has 9 nitrogen and oxygen atoms in total. The highest BCUT2D eigenvalue weighted by Crippen LogP contribution is 2.46. The Morgan fingerprint density at radius 1 is 0.895 bits per heavy atom. The van der Waals surface area contributed by atoms with Crippen molar-refractivity contribution in [3.05, 3.63) is 21.6 Å². The minimum Gasteiger partial charge on any atom is -0.449 e. The number of carbonyl (C=O) groups is 2. The van der Waals surface area contributed by atoms with Crippen molar-refractivity contribution in [2.75, 3.05) is 25.0 Å². The number of nitrogens with zero attached hydrogens (tertiary/aromatic N) is 1. The summed E-state index contributed by atoms with van der Waals surface area (Å²) in [6.45, 7) is 16.5. The van der Waals surface area contributed by atoms with Crippen molar-refractivity contribution in [2.24, 2.45) is 21.7 Å². The number of carbonyl (C=O) groups excluding carboxylic acids is 2. The van der Waals surface area contributed by atoms with Crippen LogP contribution in [0.4, 0.5) is 15.5 Å². The van der Waals surface area contributed by atoms with E-state index in [0.29, 0.717) is 24.3 Å². The zero-order chi connectivity index (χ0) is 28.2. The normalized spacial score (nSPS) is 26.3. The predicted octanol–water partition coefficient (Wildman–Crippen LogP) is 5.68. The standard InChI is InChI=1S/C29H49N5O4/c1-20-21(10-15-38-25(37)31-19-29(7)14-9-12-27(4,5)17-29)22(35)33-23(32-20)34-24(36)30-18-28(6)13-8-11-26(2,3)16-28/h8-19H2,1-7H3,(H,31,37)(H3,30,32,33,34,35,36). The van der Waals surface area contributed by atoms with E-state index in [1.165, 1.54) is 19.3 Å². The van der Waals surface area contributed by atoms with E-state index >= 15 is 0 Å². The number of hydrogen-bond acceptors (Lipinski definition) is 5. The summed E-state index contributed by atoms with van der Waals surface area (Å²) in [5, 5.41) is 8.50. The summed E-state index contributed by atoms with van der Waals surface area (Å²) in [6.07, 6.45) is 8.81. The Labute approximate surface area is 227 Å². The Balaban J connectivity index is 1.44. The Morgan fingerprint density at radius 2 is 1.45 bits per heavy atom. The minimum atomic E-state index is -0.471. The van der Waals surface area contributed by atoms with Gasteiger partial charge in [-0.15, -0.1) is 0 Å². The quantitative estimate of drug-likeness (QED) is 0.343. The van der Waals surface area contributed by atoms with Crippen molar-refractivity contribution < 1.29 is 14.3 Å². The summed E-state index contributed by atoms with van der Waals surface area (Å²) in [4.78, 5) is 44.4. The lowest BCUT2D eigenvalue weighted by molar-refractivity contribution is 0.0909. The van der Waals surface area contributed by atoms with E-state index in [2.05, 4.69) is 67.5 Å². The van der Waals surface area contributed by atoms with Crippen LogP contribution in [0.3, 0.4) is 0 Å². The molecule has 2 aliphatic carbocycles. The van der Waals surface area contributed by atoms with Crippen LogP contribution in [0.1, 0.15) is 104 Å². The molecule has 0 saturated heterocycles. The van der Waals surface area contributed by atoms with Gasteiger partial charge in [0.15, 0.2) is 0 Å². The number of ether oxygens (including phenoxy) is 1. The molecular weight excluding hydrogens is 482 g/mol. The third-order valence-electron chi connectivity index (χ3n) is 8.45. The molecule has 2 aliphatic rings. The van der Waals surface area contributed by atoms with Crippen LogP contribution in [-0.2, 0) is 11.2 Å². The third kappa shape index (κ3) is 8.73. The van der Waals surface area contributed by atoms with Crippen molar-refractivity contribution in [1.82, 2.24) is 20.6 Å². The Hall–Kier alpha value is -2.58. The molecule has 9 heteroatoms. The highest BCUT2D eigenvalue weighted by molar-refractivity contribution is 5.87. The lowest BCUT2D eigenvalue weighted by atomic mass is 9.64. The van der Waals surface area contributed by atoms with Crippen LogP contribution in [0.5, 0.6) is 0 Å². The zero-order valence-corrected chi connectivity index (χ0v) is 24.6. The molecule has 1 aromatic rings. The molecule has 3 rings (SSSR count). The number of aryl methyl sites for hydroxylation is 1. The Kier molecular flexibility index (Phi) is 9.20. The minimum absolute atomic E-state index is 0.0523. The number of nitrogens with one attached hydrogen (secondary N) is 4. The number of hydrogen-bond donors (Lipinski definition) is 4. The topological polar surface area (TPSA) is 125 Å². The van der Waals surface area contributed by atoms with Crippen molar-refractivity contribution in [2.45, 2.75) is 106 Å². The molecule has 214 valence electrons. The molecular formula is C29H49N5O4. The largest absolute Gasteiger partial charge is 0.449 e. The van der Waals surface area contributed by atoms with E-state index in [0.717, 1.165) is 32.1 Å². The van der Waals surface area contributed by atoms with Gasteiger partial charge in [0, 0.05) is 25.1 Å². The number of urea groups is 1. The van der Waals surface area contributed by atoms with Gasteiger partial charge in [0.1, 0.15) is 0 Å². The molecule has 0 spiro atoms. The molecule has 0 aliphatic heterocycles. The smallest absolute Gasteiger partial charge is 0.407 e. The number of H-pyrrole nitrogens is 1. The molecule has 0 bridgehead atoms. The van der Waals surface area contributed by atoms with Gasteiger partial charge in [0.2, 0.25) is 5.95 Å². The van der Waals surface area contributed by atoms with Crippen molar-refractivity contribution in [1.29, 1.82) is 0 Å². The van der Waals surface area contributed by atoms with Gasteiger partial charge in [-0.1, -0.05) is 54.4 Å². The van der Waals surface area contributed by atoms with Crippen molar-refractivity contribution >= 4 is 18.1 Å². The fraction of sp³-hybridized carbons (Fsp3) is 0.793. The van der Waals surface area contributed by atoms with Gasteiger partial charge in [0.05, 0.1) is 12.3 Å². The summed E-state index contributed by atoms with van der Waals surface area (Å²) in [6, 6.07) is -0.389. The van der Waals surface area contributed by atoms with Gasteiger partial charge in [-0.3, -0.25) is 15.1 Å². The van der Waals surface area contributed by atoms with Crippen LogP contribution in [0.15, 0.2) is 4.79 Å².